The van der Waals surface area contributed by atoms with Gasteiger partial charge in [-0.2, -0.15) is 0 Å². The number of nitro benzene ring substituents is 1. The lowest BCUT2D eigenvalue weighted by Gasteiger charge is -2.14. The molecule has 0 aliphatic heterocycles. The quantitative estimate of drug-likeness (QED) is 0.0938. The van der Waals surface area contributed by atoms with Crippen LogP contribution in [0.1, 0.15) is 11.3 Å². The minimum Gasteiger partial charge on any atom is -0.283 e. The zero-order valence-electron chi connectivity index (χ0n) is 27.3. The van der Waals surface area contributed by atoms with E-state index < -0.39 is 31.1 Å². The van der Waals surface area contributed by atoms with E-state index in [-0.39, 0.29) is 21.3 Å². The number of benzene rings is 4. The maximum atomic E-state index is 14.2. The van der Waals surface area contributed by atoms with Crippen molar-refractivity contribution in [3.8, 4) is 21.8 Å². The molecule has 0 amide bonds. The van der Waals surface area contributed by atoms with Crippen LogP contribution in [0, 0.1) is 24.0 Å². The number of nitrogens with one attached hydrogen (secondary N) is 1. The summed E-state index contributed by atoms with van der Waals surface area (Å²) in [5.41, 5.74) is 1.47. The van der Waals surface area contributed by atoms with Gasteiger partial charge < -0.3 is 0 Å². The Labute approximate surface area is 299 Å². The highest BCUT2D eigenvalue weighted by atomic mass is 32.2. The van der Waals surface area contributed by atoms with Crippen molar-refractivity contribution in [2.45, 2.75) is 28.8 Å². The molecule has 256 valence electrons. The van der Waals surface area contributed by atoms with Crippen LogP contribution in [0.5, 0.6) is 0 Å². The predicted molar refractivity (Wildman–Crippen MR) is 199 cm³/mol. The molecule has 0 saturated carbocycles. The zero-order valence-corrected chi connectivity index (χ0v) is 29.8. The molecule has 12 nitrogen and oxygen atoms in total. The van der Waals surface area contributed by atoms with Gasteiger partial charge in [0, 0.05) is 18.0 Å². The van der Waals surface area contributed by atoms with Crippen molar-refractivity contribution in [3.63, 3.8) is 0 Å². The van der Waals surface area contributed by atoms with Gasteiger partial charge in [-0.1, -0.05) is 66.7 Å². The van der Waals surface area contributed by atoms with E-state index in [1.165, 1.54) is 37.4 Å². The molecular formula is C36H28N6O6S3. The molecule has 1 N–H and O–H groups in total. The van der Waals surface area contributed by atoms with E-state index in [0.717, 1.165) is 33.8 Å². The minimum absolute atomic E-state index is 0.0645. The lowest BCUT2D eigenvalue weighted by atomic mass is 10.2. The fourth-order valence-corrected chi connectivity index (χ4v) is 8.87. The number of rotatable bonds is 9. The highest BCUT2D eigenvalue weighted by Gasteiger charge is 2.27. The molecule has 4 aromatic carbocycles. The summed E-state index contributed by atoms with van der Waals surface area (Å²) in [6.45, 7) is 3.44. The van der Waals surface area contributed by atoms with Crippen molar-refractivity contribution in [2.75, 3.05) is 4.72 Å². The van der Waals surface area contributed by atoms with Crippen molar-refractivity contribution in [2.24, 2.45) is 7.05 Å². The van der Waals surface area contributed by atoms with Crippen LogP contribution in [0.4, 0.5) is 11.4 Å². The molecule has 0 aliphatic rings. The molecule has 15 heteroatoms. The second kappa shape index (κ2) is 13.2. The summed E-state index contributed by atoms with van der Waals surface area (Å²) < 4.78 is 33.9. The summed E-state index contributed by atoms with van der Waals surface area (Å²) in [6.07, 6.45) is 0. The number of nitrogens with zero attached hydrogens (tertiary/aromatic N) is 5. The molecule has 3 aromatic heterocycles. The summed E-state index contributed by atoms with van der Waals surface area (Å²) in [6, 6.07) is 30.8. The Morgan fingerprint density at radius 3 is 2.22 bits per heavy atom. The van der Waals surface area contributed by atoms with Crippen LogP contribution in [0.2, 0.25) is 0 Å². The van der Waals surface area contributed by atoms with Crippen LogP contribution in [0.25, 0.3) is 32.0 Å². The van der Waals surface area contributed by atoms with Crippen molar-refractivity contribution in [1.82, 2.24) is 18.9 Å². The molecule has 51 heavy (non-hydrogen) atoms. The van der Waals surface area contributed by atoms with E-state index in [9.17, 15) is 28.1 Å². The van der Waals surface area contributed by atoms with E-state index in [1.807, 2.05) is 49.4 Å². The number of aryl methyl sites for hydroxylation is 1. The van der Waals surface area contributed by atoms with Crippen LogP contribution in [0.15, 0.2) is 134 Å². The lowest BCUT2D eigenvalue weighted by molar-refractivity contribution is -0.388. The number of fused-ring (bicyclic) bond motifs is 1. The number of aromatic nitrogens is 4. The van der Waals surface area contributed by atoms with Crippen molar-refractivity contribution >= 4 is 54.7 Å². The first-order valence-corrected chi connectivity index (χ1v) is 18.6. The first-order chi connectivity index (χ1) is 24.4. The van der Waals surface area contributed by atoms with Gasteiger partial charge in [-0.15, -0.1) is 11.3 Å². The summed E-state index contributed by atoms with van der Waals surface area (Å²) in [5.74, 6) is 0. The topological polar surface area (TPSA) is 151 Å². The summed E-state index contributed by atoms with van der Waals surface area (Å²) in [5, 5.41) is 13.0. The van der Waals surface area contributed by atoms with E-state index >= 15 is 0 Å². The lowest BCUT2D eigenvalue weighted by Crippen LogP contribution is -2.23. The minimum atomic E-state index is -4.47. The van der Waals surface area contributed by atoms with Crippen LogP contribution >= 0.6 is 23.1 Å². The van der Waals surface area contributed by atoms with Crippen molar-refractivity contribution < 1.29 is 13.3 Å². The van der Waals surface area contributed by atoms with Crippen LogP contribution < -0.4 is 15.8 Å². The Balaban J connectivity index is 1.31. The first kappa shape index (κ1) is 33.7. The molecular weight excluding hydrogens is 709 g/mol. The standard InChI is InChI=1S/C36H28N6O6S3/c1-22-12-10-11-17-28(22)40-34(43)27-21-31(24-13-6-4-7-14-24)49-33(27)37-36(40)50-30-19-18-26(20-29(30)42(45)46)51(47,48)38-32-23(2)39(3)41(35(32)44)25-15-8-5-9-16-25/h4-21,38H,1-3H3. The monoisotopic (exact) mass is 736 g/mol. The third kappa shape index (κ3) is 6.15. The Hall–Kier alpha value is -5.77. The first-order valence-electron chi connectivity index (χ1n) is 15.5. The number of para-hydroxylation sites is 2. The molecule has 0 atom stereocenters. The second-order valence-corrected chi connectivity index (χ2v) is 15.3. The van der Waals surface area contributed by atoms with E-state index in [1.54, 1.807) is 62.5 Å². The van der Waals surface area contributed by atoms with Gasteiger partial charge in [0.05, 0.1) is 37.2 Å². The van der Waals surface area contributed by atoms with E-state index in [0.29, 0.717) is 27.3 Å². The van der Waals surface area contributed by atoms with Gasteiger partial charge in [-0.05, 0) is 73.1 Å². The average molecular weight is 737 g/mol. The Kier molecular flexibility index (Phi) is 8.70. The molecule has 0 fully saturated rings. The maximum absolute atomic E-state index is 14.2. The third-order valence-electron chi connectivity index (χ3n) is 8.38. The second-order valence-electron chi connectivity index (χ2n) is 11.5. The number of anilines is 1. The zero-order chi connectivity index (χ0) is 36.0. The van der Waals surface area contributed by atoms with Gasteiger partial charge >= 0.3 is 0 Å². The molecule has 0 saturated heterocycles. The molecule has 0 unspecified atom stereocenters. The number of sulfonamides is 1. The number of thiophene rings is 1. The van der Waals surface area contributed by atoms with Gasteiger partial charge in [-0.3, -0.25) is 33.7 Å². The van der Waals surface area contributed by atoms with Crippen molar-refractivity contribution in [3.05, 3.63) is 151 Å². The fourth-order valence-electron chi connectivity index (χ4n) is 5.67. The molecule has 7 rings (SSSR count). The highest BCUT2D eigenvalue weighted by Crippen LogP contribution is 2.39. The smallest absolute Gasteiger partial charge is 0.283 e. The maximum Gasteiger partial charge on any atom is 0.296 e. The number of hydrogen-bond donors (Lipinski definition) is 1. The molecule has 0 aliphatic carbocycles. The molecule has 0 radical (unpaired) electrons. The number of hydrogen-bond acceptors (Lipinski definition) is 9. The molecule has 0 spiro atoms. The Morgan fingerprint density at radius 2 is 1.53 bits per heavy atom. The molecule has 0 bridgehead atoms. The SMILES string of the molecule is Cc1ccccc1-n1c(Sc2ccc(S(=O)(=O)Nc3c(C)n(C)n(-c4ccccc4)c3=O)cc2[N+](=O)[O-])nc2sc(-c3ccccc3)cc2c1=O. The summed E-state index contributed by atoms with van der Waals surface area (Å²) in [4.78, 5) is 45.1. The molecule has 3 heterocycles. The van der Waals surface area contributed by atoms with Crippen LogP contribution in [0.3, 0.4) is 0 Å². The average Bonchev–Trinajstić information content (AvgIpc) is 3.64. The summed E-state index contributed by atoms with van der Waals surface area (Å²) in [7, 11) is -2.84. The largest absolute Gasteiger partial charge is 0.296 e. The molecule has 7 aromatic rings. The van der Waals surface area contributed by atoms with Gasteiger partial charge in [0.1, 0.15) is 10.5 Å². The third-order valence-corrected chi connectivity index (χ3v) is 11.8. The van der Waals surface area contributed by atoms with Crippen LogP contribution in [-0.4, -0.2) is 32.3 Å². The van der Waals surface area contributed by atoms with Crippen molar-refractivity contribution in [1.29, 1.82) is 0 Å². The van der Waals surface area contributed by atoms with Gasteiger partial charge in [0.2, 0.25) is 0 Å². The highest BCUT2D eigenvalue weighted by molar-refractivity contribution is 7.99. The van der Waals surface area contributed by atoms with E-state index in [4.69, 9.17) is 4.98 Å². The number of nitro groups is 1. The Bertz CT molecular complexity index is 2720. The van der Waals surface area contributed by atoms with Gasteiger partial charge in [-0.25, -0.2) is 18.1 Å². The normalized spacial score (nSPS) is 11.6. The fraction of sp³-hybridized carbons (Fsp3) is 0.0833. The predicted octanol–water partition coefficient (Wildman–Crippen LogP) is 7.08. The Morgan fingerprint density at radius 1 is 0.863 bits per heavy atom. The van der Waals surface area contributed by atoms with E-state index in [2.05, 4.69) is 4.72 Å². The van der Waals surface area contributed by atoms with Gasteiger partial charge in [0.25, 0.3) is 26.8 Å². The summed E-state index contributed by atoms with van der Waals surface area (Å²) >= 11 is 2.21. The van der Waals surface area contributed by atoms with Gasteiger partial charge in [0.15, 0.2) is 5.16 Å². The van der Waals surface area contributed by atoms with Crippen LogP contribution in [-0.2, 0) is 17.1 Å².